The minimum absolute atomic E-state index is 0.154. The largest absolute Gasteiger partial charge is 0.375 e. The highest BCUT2D eigenvalue weighted by Crippen LogP contribution is 2.18. The number of likely N-dealkylation sites (tertiary alicyclic amines) is 1. The number of methoxy groups -OCH3 is 1. The van der Waals surface area contributed by atoms with Crippen LogP contribution in [0.25, 0.3) is 0 Å². The summed E-state index contributed by atoms with van der Waals surface area (Å²) in [7, 11) is 1.66. The Morgan fingerprint density at radius 2 is 1.69 bits per heavy atom. The molecule has 2 aromatic carbocycles. The standard InChI is InChI=1S/C24H33N3O2/c1-19-12-14-27(15-13-19)18-21-10-8-20(9-11-21)16-25-24(28)26-17-23(29-2)22-6-4-3-5-7-22/h3-11,19,23H,12-18H2,1-2H3,(H2,25,26,28). The van der Waals surface area contributed by atoms with Crippen LogP contribution >= 0.6 is 0 Å². The minimum Gasteiger partial charge on any atom is -0.375 e. The van der Waals surface area contributed by atoms with Gasteiger partial charge in [-0.2, -0.15) is 0 Å². The van der Waals surface area contributed by atoms with E-state index in [1.807, 2.05) is 30.3 Å². The zero-order valence-corrected chi connectivity index (χ0v) is 17.6. The zero-order valence-electron chi connectivity index (χ0n) is 17.6. The molecule has 3 rings (SSSR count). The third-order valence-corrected chi connectivity index (χ3v) is 5.66. The molecule has 0 aliphatic carbocycles. The molecule has 2 amide bonds. The summed E-state index contributed by atoms with van der Waals surface area (Å²) in [5, 5.41) is 5.81. The van der Waals surface area contributed by atoms with Crippen molar-refractivity contribution in [3.8, 4) is 0 Å². The van der Waals surface area contributed by atoms with E-state index in [0.29, 0.717) is 13.1 Å². The van der Waals surface area contributed by atoms with Crippen molar-refractivity contribution in [1.82, 2.24) is 15.5 Å². The lowest BCUT2D eigenvalue weighted by Gasteiger charge is -2.30. The van der Waals surface area contributed by atoms with Crippen LogP contribution in [0.1, 0.15) is 42.6 Å². The van der Waals surface area contributed by atoms with Crippen LogP contribution in [0.2, 0.25) is 0 Å². The van der Waals surface area contributed by atoms with E-state index in [0.717, 1.165) is 23.6 Å². The highest BCUT2D eigenvalue weighted by atomic mass is 16.5. The molecular weight excluding hydrogens is 362 g/mol. The van der Waals surface area contributed by atoms with E-state index < -0.39 is 0 Å². The predicted molar refractivity (Wildman–Crippen MR) is 117 cm³/mol. The molecule has 1 atom stereocenters. The van der Waals surface area contributed by atoms with Gasteiger partial charge in [0, 0.05) is 26.7 Å². The average molecular weight is 396 g/mol. The summed E-state index contributed by atoms with van der Waals surface area (Å²) in [5.41, 5.74) is 3.48. The fourth-order valence-corrected chi connectivity index (χ4v) is 3.68. The van der Waals surface area contributed by atoms with Gasteiger partial charge in [-0.25, -0.2) is 4.79 Å². The summed E-state index contributed by atoms with van der Waals surface area (Å²) in [6, 6.07) is 18.3. The Kier molecular flexibility index (Phi) is 8.08. The average Bonchev–Trinajstić information content (AvgIpc) is 2.76. The van der Waals surface area contributed by atoms with Crippen LogP contribution in [0.5, 0.6) is 0 Å². The van der Waals surface area contributed by atoms with Crippen LogP contribution in [-0.4, -0.2) is 37.7 Å². The van der Waals surface area contributed by atoms with Crippen LogP contribution in [0.4, 0.5) is 4.79 Å². The van der Waals surface area contributed by atoms with E-state index in [1.54, 1.807) is 7.11 Å². The molecule has 1 fully saturated rings. The highest BCUT2D eigenvalue weighted by Gasteiger charge is 2.15. The molecule has 5 heteroatoms. The molecule has 5 nitrogen and oxygen atoms in total. The monoisotopic (exact) mass is 395 g/mol. The maximum Gasteiger partial charge on any atom is 0.315 e. The first-order chi connectivity index (χ1) is 14.1. The molecule has 0 spiro atoms. The second kappa shape index (κ2) is 11.0. The molecule has 1 aliphatic rings. The third-order valence-electron chi connectivity index (χ3n) is 5.66. The lowest BCUT2D eigenvalue weighted by atomic mass is 9.99. The van der Waals surface area contributed by atoms with Crippen LogP contribution in [0.15, 0.2) is 54.6 Å². The molecular formula is C24H33N3O2. The smallest absolute Gasteiger partial charge is 0.315 e. The molecule has 0 bridgehead atoms. The number of ether oxygens (including phenoxy) is 1. The number of carbonyl (C=O) groups excluding carboxylic acids is 1. The van der Waals surface area contributed by atoms with E-state index in [9.17, 15) is 4.79 Å². The van der Waals surface area contributed by atoms with E-state index >= 15 is 0 Å². The number of carbonyl (C=O) groups is 1. The first kappa shape index (κ1) is 21.3. The van der Waals surface area contributed by atoms with Crippen molar-refractivity contribution in [2.45, 2.75) is 39.0 Å². The number of hydrogen-bond donors (Lipinski definition) is 2. The van der Waals surface area contributed by atoms with Crippen molar-refractivity contribution >= 4 is 6.03 Å². The number of nitrogens with one attached hydrogen (secondary N) is 2. The first-order valence-electron chi connectivity index (χ1n) is 10.5. The van der Waals surface area contributed by atoms with Gasteiger partial charge in [-0.05, 0) is 48.5 Å². The van der Waals surface area contributed by atoms with Crippen LogP contribution < -0.4 is 10.6 Å². The molecule has 1 aliphatic heterocycles. The van der Waals surface area contributed by atoms with Gasteiger partial charge in [-0.15, -0.1) is 0 Å². The second-order valence-electron chi connectivity index (χ2n) is 7.97. The SMILES string of the molecule is COC(CNC(=O)NCc1ccc(CN2CCC(C)CC2)cc1)c1ccccc1. The van der Waals surface area contributed by atoms with Crippen LogP contribution in [0, 0.1) is 5.92 Å². The van der Waals surface area contributed by atoms with Gasteiger partial charge in [0.1, 0.15) is 0 Å². The number of urea groups is 1. The van der Waals surface area contributed by atoms with Crippen molar-refractivity contribution in [2.75, 3.05) is 26.7 Å². The fourth-order valence-electron chi connectivity index (χ4n) is 3.68. The summed E-state index contributed by atoms with van der Waals surface area (Å²) < 4.78 is 5.48. The van der Waals surface area contributed by atoms with Crippen molar-refractivity contribution in [3.05, 3.63) is 71.3 Å². The quantitative estimate of drug-likeness (QED) is 0.707. The van der Waals surface area contributed by atoms with Crippen molar-refractivity contribution < 1.29 is 9.53 Å². The highest BCUT2D eigenvalue weighted by molar-refractivity contribution is 5.73. The van der Waals surface area contributed by atoms with Crippen molar-refractivity contribution in [3.63, 3.8) is 0 Å². The number of benzene rings is 2. The molecule has 2 N–H and O–H groups in total. The fraction of sp³-hybridized carbons (Fsp3) is 0.458. The van der Waals surface area contributed by atoms with Gasteiger partial charge in [0.2, 0.25) is 0 Å². The summed E-state index contributed by atoms with van der Waals surface area (Å²) >= 11 is 0. The lowest BCUT2D eigenvalue weighted by molar-refractivity contribution is 0.104. The summed E-state index contributed by atoms with van der Waals surface area (Å²) in [4.78, 5) is 14.7. The Balaban J connectivity index is 1.39. The number of rotatable bonds is 8. The molecule has 0 aromatic heterocycles. The molecule has 1 saturated heterocycles. The predicted octanol–water partition coefficient (Wildman–Crippen LogP) is 4.11. The summed E-state index contributed by atoms with van der Waals surface area (Å²) in [6.45, 7) is 6.67. The van der Waals surface area contributed by atoms with Crippen molar-refractivity contribution in [1.29, 1.82) is 0 Å². The second-order valence-corrected chi connectivity index (χ2v) is 7.97. The zero-order chi connectivity index (χ0) is 20.5. The van der Waals surface area contributed by atoms with E-state index in [1.165, 1.54) is 31.5 Å². The van der Waals surface area contributed by atoms with Gasteiger partial charge in [0.05, 0.1) is 6.10 Å². The first-order valence-corrected chi connectivity index (χ1v) is 10.5. The van der Waals surface area contributed by atoms with Gasteiger partial charge < -0.3 is 15.4 Å². The summed E-state index contributed by atoms with van der Waals surface area (Å²) in [6.07, 6.45) is 2.44. The molecule has 0 radical (unpaired) electrons. The lowest BCUT2D eigenvalue weighted by Crippen LogP contribution is -2.37. The van der Waals surface area contributed by atoms with Crippen molar-refractivity contribution in [2.24, 2.45) is 5.92 Å². The maximum atomic E-state index is 12.1. The number of hydrogen-bond acceptors (Lipinski definition) is 3. The molecule has 29 heavy (non-hydrogen) atoms. The Morgan fingerprint density at radius 1 is 1.03 bits per heavy atom. The molecule has 2 aromatic rings. The molecule has 1 heterocycles. The van der Waals surface area contributed by atoms with Gasteiger partial charge in [0.15, 0.2) is 0 Å². The van der Waals surface area contributed by atoms with E-state index in [2.05, 4.69) is 46.7 Å². The van der Waals surface area contributed by atoms with Gasteiger partial charge >= 0.3 is 6.03 Å². The van der Waals surface area contributed by atoms with Gasteiger partial charge in [-0.3, -0.25) is 4.90 Å². The Morgan fingerprint density at radius 3 is 2.34 bits per heavy atom. The molecule has 156 valence electrons. The van der Waals surface area contributed by atoms with Crippen LogP contribution in [0.3, 0.4) is 0 Å². The number of nitrogens with zero attached hydrogens (tertiary/aromatic N) is 1. The third kappa shape index (κ3) is 6.87. The minimum atomic E-state index is -0.186. The van der Waals surface area contributed by atoms with Crippen LogP contribution in [-0.2, 0) is 17.8 Å². The number of amides is 2. The molecule has 0 saturated carbocycles. The summed E-state index contributed by atoms with van der Waals surface area (Å²) in [5.74, 6) is 0.859. The Bertz CT molecular complexity index is 740. The van der Waals surface area contributed by atoms with E-state index in [-0.39, 0.29) is 12.1 Å². The van der Waals surface area contributed by atoms with E-state index in [4.69, 9.17) is 4.74 Å². The number of piperidine rings is 1. The maximum absolute atomic E-state index is 12.1. The topological polar surface area (TPSA) is 53.6 Å². The Labute approximate surface area is 174 Å². The Hall–Kier alpha value is -2.37. The normalized spacial score (nSPS) is 16.3. The van der Waals surface area contributed by atoms with Gasteiger partial charge in [0.25, 0.3) is 0 Å². The van der Waals surface area contributed by atoms with Gasteiger partial charge in [-0.1, -0.05) is 61.5 Å². The molecule has 1 unspecified atom stereocenters.